The number of H-pyrrole nitrogens is 2. The minimum atomic E-state index is -4.69. The van der Waals surface area contributed by atoms with Crippen molar-refractivity contribution in [3.63, 3.8) is 0 Å². The van der Waals surface area contributed by atoms with Gasteiger partial charge in [0.15, 0.2) is 23.7 Å². The molecule has 0 saturated carbocycles. The fourth-order valence-corrected chi connectivity index (χ4v) is 11.1. The Hall–Kier alpha value is -6.48. The molecule has 28 heteroatoms. The molecular weight excluding hydrogens is 1050 g/mol. The number of benzene rings is 2. The number of aliphatic hydroxyl groups excluding tert-OH is 2. The molecule has 2 aromatic carbocycles. The summed E-state index contributed by atoms with van der Waals surface area (Å²) in [4.78, 5) is 79.4. The molecule has 12 atom stereocenters. The Morgan fingerprint density at radius 2 is 1.13 bits per heavy atom. The van der Waals surface area contributed by atoms with Gasteiger partial charge in [0.1, 0.15) is 48.0 Å². The Bertz CT molecular complexity index is 3140. The minimum absolute atomic E-state index is 0.0352. The van der Waals surface area contributed by atoms with Crippen LogP contribution in [0.5, 0.6) is 11.5 Å². The van der Waals surface area contributed by atoms with Crippen LogP contribution in [0.1, 0.15) is 71.9 Å². The number of nitrogens with one attached hydrogen (secondary N) is 4. The van der Waals surface area contributed by atoms with Gasteiger partial charge in [-0.2, -0.15) is 10.2 Å². The summed E-state index contributed by atoms with van der Waals surface area (Å²) in [5.41, 5.74) is -8.02. The quantitative estimate of drug-likeness (QED) is 0.0263. The van der Waals surface area contributed by atoms with Crippen LogP contribution in [0.2, 0.25) is 0 Å². The van der Waals surface area contributed by atoms with Crippen molar-refractivity contribution in [1.82, 2.24) is 29.3 Å². The van der Waals surface area contributed by atoms with E-state index in [0.29, 0.717) is 5.56 Å². The van der Waals surface area contributed by atoms with E-state index in [2.05, 4.69) is 10.2 Å². The number of terminal acetylenes is 2. The molecular formula is C49H60N6O20P2. The zero-order valence-corrected chi connectivity index (χ0v) is 44.1. The van der Waals surface area contributed by atoms with Crippen LogP contribution in [0, 0.1) is 24.7 Å². The maximum Gasteiger partial charge on any atom is 0.459 e. The molecule has 0 spiro atoms. The van der Waals surface area contributed by atoms with E-state index >= 15 is 0 Å². The second kappa shape index (κ2) is 25.3. The molecule has 77 heavy (non-hydrogen) atoms. The maximum absolute atomic E-state index is 14.7. The van der Waals surface area contributed by atoms with Gasteiger partial charge in [0, 0.05) is 24.5 Å². The first kappa shape index (κ1) is 59.8. The van der Waals surface area contributed by atoms with Crippen molar-refractivity contribution >= 4 is 27.4 Å². The van der Waals surface area contributed by atoms with Gasteiger partial charge >= 0.3 is 38.8 Å². The molecule has 0 aliphatic carbocycles. The molecule has 2 aliphatic heterocycles. The van der Waals surface area contributed by atoms with Crippen LogP contribution >= 0.6 is 15.5 Å². The molecule has 3 unspecified atom stereocenters. The lowest BCUT2D eigenvalue weighted by Crippen LogP contribution is -2.48. The summed E-state index contributed by atoms with van der Waals surface area (Å²) >= 11 is 0. The van der Waals surface area contributed by atoms with Crippen molar-refractivity contribution in [2.45, 2.75) is 133 Å². The highest BCUT2D eigenvalue weighted by atomic mass is 31.2. The van der Waals surface area contributed by atoms with Crippen LogP contribution in [0.25, 0.3) is 0 Å². The van der Waals surface area contributed by atoms with Crippen molar-refractivity contribution in [2.75, 3.05) is 13.2 Å². The topological polar surface area (TPSA) is 357 Å². The van der Waals surface area contributed by atoms with E-state index in [1.165, 1.54) is 24.3 Å². The SMILES string of the molecule is C#C[C@@]1(O)[C@H](O)C(COP(=O)(N[C@@H](CCCc2ccc(OP(=O)(N[C@@H](CC)C(=O)OC(C)C)OC[C@H]3O[C@@H](n4ccc(=O)[nH]c4=O)[C@@](O)(C#C)[C@@H]3O)cc2)C(=O)OC(C)C)Oc2ccccc2)O[C@H]1n1ccc(=O)[nH]c1=O. The first-order valence-electron chi connectivity index (χ1n) is 24.1. The largest absolute Gasteiger partial charge is 0.462 e. The molecule has 2 aromatic heterocycles. The number of aliphatic hydroxyl groups is 4. The zero-order chi connectivity index (χ0) is 56.5. The predicted octanol–water partition coefficient (Wildman–Crippen LogP) is 1.29. The number of aromatic amines is 2. The van der Waals surface area contributed by atoms with E-state index < -0.39 is 136 Å². The highest BCUT2D eigenvalue weighted by Gasteiger charge is 2.58. The number of hydrogen-bond donors (Lipinski definition) is 8. The summed E-state index contributed by atoms with van der Waals surface area (Å²) in [6.07, 6.45) is 1.94. The standard InChI is InChI=1S/C49H60N6O20P2/c1-8-34(42(60)70-29(4)5)52-76(66,68-27-36-40(58)48(64,9-2)44(72-36)54-25-23-38(56)50-46(54)62)75-33-21-19-31(20-22-33)15-14-18-35(43(61)71-30(6)7)53-77(67,74-32-16-12-11-13-17-32)69-28-37-41(59)49(65,10-3)45(73-37)55-26-24-39(57)51-47(55)63/h2-3,11-13,16-17,19-26,29-30,34-37,40-41,44-45,58-59,64-65H,8,14-15,18,27-28H2,1,4-7H3,(H,52,66)(H,53,67)(H,50,56,62)(H,51,57,63)/t34-,35-,36+,37?,40+,41+,44+,45+,48+,49+,76?,77?/m0/s1. The lowest BCUT2D eigenvalue weighted by atomic mass is 9.95. The number of hydrogen-bond acceptors (Lipinski definition) is 20. The number of esters is 2. The van der Waals surface area contributed by atoms with Gasteiger partial charge in [-0.1, -0.05) is 49.1 Å². The molecule has 0 amide bonds. The van der Waals surface area contributed by atoms with Gasteiger partial charge in [-0.15, -0.1) is 12.8 Å². The second-order valence-corrected chi connectivity index (χ2v) is 21.7. The molecule has 8 N–H and O–H groups in total. The Morgan fingerprint density at radius 3 is 1.55 bits per heavy atom. The normalized spacial score (nSPS) is 25.4. The third kappa shape index (κ3) is 14.6. The van der Waals surface area contributed by atoms with Gasteiger partial charge in [-0.05, 0) is 83.2 Å². The molecule has 4 aromatic rings. The molecule has 2 fully saturated rings. The van der Waals surface area contributed by atoms with E-state index in [0.717, 1.165) is 33.7 Å². The zero-order valence-electron chi connectivity index (χ0n) is 42.3. The number of aromatic nitrogens is 4. The molecule has 0 radical (unpaired) electrons. The molecule has 0 bridgehead atoms. The first-order valence-corrected chi connectivity index (χ1v) is 27.1. The fourth-order valence-electron chi connectivity index (χ4n) is 7.97. The molecule has 2 saturated heterocycles. The summed E-state index contributed by atoms with van der Waals surface area (Å²) in [7, 11) is -9.37. The lowest BCUT2D eigenvalue weighted by molar-refractivity contribution is -0.150. The predicted molar refractivity (Wildman–Crippen MR) is 271 cm³/mol. The van der Waals surface area contributed by atoms with Crippen LogP contribution in [0.15, 0.2) is 98.3 Å². The number of carbonyl (C=O) groups is 2. The van der Waals surface area contributed by atoms with Crippen LogP contribution in [0.4, 0.5) is 0 Å². The maximum atomic E-state index is 14.7. The van der Waals surface area contributed by atoms with Gasteiger partial charge in [0.25, 0.3) is 11.1 Å². The monoisotopic (exact) mass is 1110 g/mol. The Kier molecular flexibility index (Phi) is 19.7. The van der Waals surface area contributed by atoms with Crippen molar-refractivity contribution in [3.8, 4) is 36.2 Å². The Labute approximate surface area is 440 Å². The van der Waals surface area contributed by atoms with Crippen LogP contribution in [-0.4, -0.2) is 125 Å². The minimum Gasteiger partial charge on any atom is -0.462 e. The number of rotatable bonds is 25. The average molecular weight is 1110 g/mol. The van der Waals surface area contributed by atoms with Crippen molar-refractivity contribution in [2.24, 2.45) is 0 Å². The molecule has 4 heterocycles. The first-order chi connectivity index (χ1) is 36.4. The van der Waals surface area contributed by atoms with Crippen molar-refractivity contribution < 1.29 is 76.2 Å². The van der Waals surface area contributed by atoms with Crippen molar-refractivity contribution in [3.05, 3.63) is 126 Å². The van der Waals surface area contributed by atoms with Gasteiger partial charge in [-0.3, -0.25) is 47.3 Å². The number of ether oxygens (including phenoxy) is 4. The fraction of sp³-hybridized carbons (Fsp3) is 0.469. The van der Waals surface area contributed by atoms with Gasteiger partial charge in [-0.25, -0.2) is 18.7 Å². The molecule has 26 nitrogen and oxygen atoms in total. The summed E-state index contributed by atoms with van der Waals surface area (Å²) in [5.74, 6) is 2.39. The Balaban J connectivity index is 1.18. The number of aryl methyl sites for hydroxylation is 1. The second-order valence-electron chi connectivity index (χ2n) is 18.3. The number of carbonyl (C=O) groups excluding carboxylic acids is 2. The highest BCUT2D eigenvalue weighted by Crippen LogP contribution is 2.49. The van der Waals surface area contributed by atoms with Gasteiger partial charge in [0.2, 0.25) is 0 Å². The molecule has 6 rings (SSSR count). The van der Waals surface area contributed by atoms with E-state index in [4.69, 9.17) is 49.9 Å². The third-order valence-corrected chi connectivity index (χ3v) is 15.0. The van der Waals surface area contributed by atoms with E-state index in [9.17, 15) is 58.3 Å². The van der Waals surface area contributed by atoms with E-state index in [-0.39, 0.29) is 37.2 Å². The van der Waals surface area contributed by atoms with Crippen LogP contribution in [0.3, 0.4) is 0 Å². The van der Waals surface area contributed by atoms with Crippen LogP contribution < -0.4 is 41.7 Å². The molecule has 416 valence electrons. The summed E-state index contributed by atoms with van der Waals surface area (Å²) in [5, 5.41) is 50.2. The van der Waals surface area contributed by atoms with Gasteiger partial charge < -0.3 is 48.4 Å². The van der Waals surface area contributed by atoms with E-state index in [1.54, 1.807) is 65.0 Å². The van der Waals surface area contributed by atoms with E-state index in [1.807, 2.05) is 21.8 Å². The number of nitrogens with zero attached hydrogens (tertiary/aromatic N) is 2. The summed E-state index contributed by atoms with van der Waals surface area (Å²) in [6.45, 7) is 6.43. The van der Waals surface area contributed by atoms with Crippen LogP contribution in [-0.2, 0) is 53.1 Å². The Morgan fingerprint density at radius 1 is 0.701 bits per heavy atom. The van der Waals surface area contributed by atoms with Crippen molar-refractivity contribution in [1.29, 1.82) is 0 Å². The summed E-state index contributed by atoms with van der Waals surface area (Å²) < 4.78 is 76.4. The number of para-hydroxylation sites is 1. The smallest absolute Gasteiger partial charge is 0.459 e. The summed E-state index contributed by atoms with van der Waals surface area (Å²) in [6, 6.07) is 13.1. The lowest BCUT2D eigenvalue weighted by Gasteiger charge is -2.27. The molecule has 2 aliphatic rings. The highest BCUT2D eigenvalue weighted by molar-refractivity contribution is 7.52. The van der Waals surface area contributed by atoms with Gasteiger partial charge in [0.05, 0.1) is 25.4 Å². The third-order valence-electron chi connectivity index (χ3n) is 11.8. The average Bonchev–Trinajstić information content (AvgIpc) is 3.83.